The van der Waals surface area contributed by atoms with E-state index in [4.69, 9.17) is 46.4 Å². The van der Waals surface area contributed by atoms with Gasteiger partial charge in [0.1, 0.15) is 0 Å². The molecule has 0 amide bonds. The van der Waals surface area contributed by atoms with Gasteiger partial charge in [-0.25, -0.2) is 0 Å². The Hall–Kier alpha value is -1.06. The van der Waals surface area contributed by atoms with Gasteiger partial charge < -0.3 is 0 Å². The van der Waals surface area contributed by atoms with Crippen LogP contribution in [0.5, 0.6) is 0 Å². The van der Waals surface area contributed by atoms with Crippen LogP contribution >= 0.6 is 46.4 Å². The number of hydrogen-bond donors (Lipinski definition) is 0. The van der Waals surface area contributed by atoms with E-state index in [1.807, 2.05) is 24.3 Å². The zero-order chi connectivity index (χ0) is 16.3. The fraction of sp³-hybridized carbons (Fsp3) is 0.125. The molecule has 0 atom stereocenters. The summed E-state index contributed by atoms with van der Waals surface area (Å²) < 4.78 is 0. The van der Waals surface area contributed by atoms with E-state index in [0.717, 1.165) is 11.1 Å². The standard InChI is InChI=1S/C16H10Cl4O2/c17-8-10-4-2-1-3-9(10)7-13(21)11-5-6-12(18)15(19)14(11)16(20)22/h1-6H,7-8H2. The molecule has 0 aliphatic carbocycles. The van der Waals surface area contributed by atoms with Crippen molar-refractivity contribution in [2.24, 2.45) is 0 Å². The Morgan fingerprint density at radius 3 is 2.18 bits per heavy atom. The van der Waals surface area contributed by atoms with Gasteiger partial charge in [-0.05, 0) is 34.9 Å². The fourth-order valence-corrected chi connectivity index (χ4v) is 3.02. The number of halogens is 4. The third-order valence-electron chi connectivity index (χ3n) is 3.21. The number of rotatable bonds is 5. The lowest BCUT2D eigenvalue weighted by molar-refractivity contribution is 0.0982. The van der Waals surface area contributed by atoms with E-state index in [9.17, 15) is 9.59 Å². The van der Waals surface area contributed by atoms with Gasteiger partial charge in [-0.15, -0.1) is 11.6 Å². The summed E-state index contributed by atoms with van der Waals surface area (Å²) in [6.45, 7) is 0. The molecule has 6 heteroatoms. The van der Waals surface area contributed by atoms with Crippen molar-refractivity contribution in [3.05, 3.63) is 68.7 Å². The van der Waals surface area contributed by atoms with E-state index < -0.39 is 5.24 Å². The molecule has 114 valence electrons. The molecule has 22 heavy (non-hydrogen) atoms. The third-order valence-corrected chi connectivity index (χ3v) is 4.49. The maximum Gasteiger partial charge on any atom is 0.254 e. The second-order valence-electron chi connectivity index (χ2n) is 4.56. The van der Waals surface area contributed by atoms with E-state index in [1.165, 1.54) is 12.1 Å². The fourth-order valence-electron chi connectivity index (χ4n) is 2.10. The van der Waals surface area contributed by atoms with Crippen molar-refractivity contribution in [1.29, 1.82) is 0 Å². The quantitative estimate of drug-likeness (QED) is 0.390. The van der Waals surface area contributed by atoms with Crippen molar-refractivity contribution in [3.63, 3.8) is 0 Å². The lowest BCUT2D eigenvalue weighted by Crippen LogP contribution is -2.10. The van der Waals surface area contributed by atoms with Crippen LogP contribution in [0.3, 0.4) is 0 Å². The second-order valence-corrected chi connectivity index (χ2v) is 5.96. The van der Waals surface area contributed by atoms with Gasteiger partial charge in [-0.2, -0.15) is 0 Å². The molecule has 0 heterocycles. The first-order valence-corrected chi connectivity index (χ1v) is 7.96. The number of carbonyl (C=O) groups is 2. The molecule has 2 aromatic rings. The Morgan fingerprint density at radius 1 is 0.955 bits per heavy atom. The highest BCUT2D eigenvalue weighted by Gasteiger charge is 2.21. The zero-order valence-electron chi connectivity index (χ0n) is 11.2. The van der Waals surface area contributed by atoms with Crippen LogP contribution in [-0.4, -0.2) is 11.0 Å². The minimum atomic E-state index is -0.818. The summed E-state index contributed by atoms with van der Waals surface area (Å²) in [5.41, 5.74) is 1.74. The van der Waals surface area contributed by atoms with E-state index in [1.54, 1.807) is 0 Å². The highest BCUT2D eigenvalue weighted by atomic mass is 35.5. The molecule has 0 aliphatic rings. The average molecular weight is 376 g/mol. The van der Waals surface area contributed by atoms with Crippen molar-refractivity contribution < 1.29 is 9.59 Å². The number of ketones is 1. The molecule has 0 aliphatic heterocycles. The van der Waals surface area contributed by atoms with Crippen LogP contribution < -0.4 is 0 Å². The molecule has 0 N–H and O–H groups in total. The number of Topliss-reactive ketones (excluding diaryl/α,β-unsaturated/α-hetero) is 1. The molecular formula is C16H10Cl4O2. The number of alkyl halides is 1. The molecule has 0 spiro atoms. The van der Waals surface area contributed by atoms with Gasteiger partial charge in [0, 0.05) is 17.9 Å². The normalized spacial score (nSPS) is 10.5. The maximum absolute atomic E-state index is 12.5. The summed E-state index contributed by atoms with van der Waals surface area (Å²) in [5.74, 6) is 0.0201. The minimum absolute atomic E-state index is 0.0156. The van der Waals surface area contributed by atoms with Gasteiger partial charge in [0.2, 0.25) is 0 Å². The summed E-state index contributed by atoms with van der Waals surface area (Å²) in [7, 11) is 0. The van der Waals surface area contributed by atoms with Gasteiger partial charge in [-0.3, -0.25) is 9.59 Å². The molecule has 0 unspecified atom stereocenters. The predicted octanol–water partition coefficient (Wildman–Crippen LogP) is 5.54. The van der Waals surface area contributed by atoms with Crippen molar-refractivity contribution in [2.75, 3.05) is 0 Å². The lowest BCUT2D eigenvalue weighted by Gasteiger charge is -2.10. The van der Waals surface area contributed by atoms with Crippen LogP contribution in [0.25, 0.3) is 0 Å². The van der Waals surface area contributed by atoms with Crippen LogP contribution in [0.4, 0.5) is 0 Å². The molecule has 2 aromatic carbocycles. The predicted molar refractivity (Wildman–Crippen MR) is 90.7 cm³/mol. The highest BCUT2D eigenvalue weighted by molar-refractivity contribution is 6.69. The van der Waals surface area contributed by atoms with Gasteiger partial charge in [0.05, 0.1) is 15.6 Å². The smallest absolute Gasteiger partial charge is 0.254 e. The van der Waals surface area contributed by atoms with Gasteiger partial charge in [0.25, 0.3) is 5.24 Å². The first-order valence-electron chi connectivity index (χ1n) is 6.29. The molecule has 2 nitrogen and oxygen atoms in total. The average Bonchev–Trinajstić information content (AvgIpc) is 2.49. The zero-order valence-corrected chi connectivity index (χ0v) is 14.2. The molecule has 0 saturated heterocycles. The minimum Gasteiger partial charge on any atom is -0.294 e. The lowest BCUT2D eigenvalue weighted by atomic mass is 9.96. The largest absolute Gasteiger partial charge is 0.294 e. The topological polar surface area (TPSA) is 34.1 Å². The summed E-state index contributed by atoms with van der Waals surface area (Å²) in [5, 5.41) is -0.664. The first-order chi connectivity index (χ1) is 10.5. The van der Waals surface area contributed by atoms with E-state index >= 15 is 0 Å². The first kappa shape index (κ1) is 17.3. The van der Waals surface area contributed by atoms with E-state index in [0.29, 0.717) is 5.88 Å². The number of benzene rings is 2. The highest BCUT2D eigenvalue weighted by Crippen LogP contribution is 2.30. The summed E-state index contributed by atoms with van der Waals surface area (Å²) in [6, 6.07) is 10.2. The Bertz CT molecular complexity index is 741. The molecule has 0 saturated carbocycles. The van der Waals surface area contributed by atoms with Crippen molar-refractivity contribution in [1.82, 2.24) is 0 Å². The van der Waals surface area contributed by atoms with Crippen LogP contribution in [-0.2, 0) is 12.3 Å². The summed E-state index contributed by atoms with van der Waals surface area (Å²) >= 11 is 23.3. The summed E-state index contributed by atoms with van der Waals surface area (Å²) in [6.07, 6.45) is 0.0953. The SMILES string of the molecule is O=C(Cc1ccccc1CCl)c1ccc(Cl)c(Cl)c1C(=O)Cl. The molecule has 0 bridgehead atoms. The molecule has 2 rings (SSSR count). The number of carbonyl (C=O) groups excluding carboxylic acids is 2. The van der Waals surface area contributed by atoms with Gasteiger partial charge in [0.15, 0.2) is 5.78 Å². The second kappa shape index (κ2) is 7.47. The van der Waals surface area contributed by atoms with Crippen molar-refractivity contribution >= 4 is 57.4 Å². The van der Waals surface area contributed by atoms with Gasteiger partial charge >= 0.3 is 0 Å². The van der Waals surface area contributed by atoms with Crippen molar-refractivity contribution in [3.8, 4) is 0 Å². The monoisotopic (exact) mass is 374 g/mol. The molecule has 0 fully saturated rings. The van der Waals surface area contributed by atoms with Crippen molar-refractivity contribution in [2.45, 2.75) is 12.3 Å². The van der Waals surface area contributed by atoms with E-state index in [2.05, 4.69) is 0 Å². The van der Waals surface area contributed by atoms with E-state index in [-0.39, 0.29) is 33.4 Å². The van der Waals surface area contributed by atoms with Crippen LogP contribution in [0.1, 0.15) is 31.8 Å². The maximum atomic E-state index is 12.5. The molecule has 0 aromatic heterocycles. The van der Waals surface area contributed by atoms with Crippen LogP contribution in [0.2, 0.25) is 10.0 Å². The van der Waals surface area contributed by atoms with Crippen LogP contribution in [0, 0.1) is 0 Å². The molecular weight excluding hydrogens is 366 g/mol. The summed E-state index contributed by atoms with van der Waals surface area (Å²) in [4.78, 5) is 24.1. The molecule has 0 radical (unpaired) electrons. The third kappa shape index (κ3) is 3.64. The Kier molecular flexibility index (Phi) is 5.87. The Balaban J connectivity index is 2.42. The van der Waals surface area contributed by atoms with Crippen LogP contribution in [0.15, 0.2) is 36.4 Å². The Labute approximate surface area is 147 Å². The Morgan fingerprint density at radius 2 is 1.59 bits per heavy atom. The van der Waals surface area contributed by atoms with Gasteiger partial charge in [-0.1, -0.05) is 47.5 Å². The number of hydrogen-bond acceptors (Lipinski definition) is 2.